The number of phenolic OH excluding ortho intramolecular Hbond substituents is 1. The predicted molar refractivity (Wildman–Crippen MR) is 76.3 cm³/mol. The molecule has 0 heterocycles. The van der Waals surface area contributed by atoms with E-state index in [9.17, 15) is 19.5 Å². The van der Waals surface area contributed by atoms with Crippen molar-refractivity contribution in [2.75, 3.05) is 7.11 Å². The normalized spacial score (nSPS) is 11.5. The Bertz CT molecular complexity index is 545. The van der Waals surface area contributed by atoms with Crippen LogP contribution in [-0.4, -0.2) is 41.2 Å². The zero-order valence-electron chi connectivity index (χ0n) is 10.4. The van der Waals surface area contributed by atoms with E-state index in [2.05, 4.69) is 10.1 Å². The van der Waals surface area contributed by atoms with Crippen molar-refractivity contribution in [2.45, 2.75) is 12.5 Å². The summed E-state index contributed by atoms with van der Waals surface area (Å²) < 4.78 is 4.92. The molecular formula is C12H12INO6. The summed E-state index contributed by atoms with van der Waals surface area (Å²) in [5.41, 5.74) is 0.0963. The lowest BCUT2D eigenvalue weighted by molar-refractivity contribution is -0.147. The first-order valence-corrected chi connectivity index (χ1v) is 6.52. The van der Waals surface area contributed by atoms with Crippen LogP contribution < -0.4 is 5.32 Å². The Kier molecular flexibility index (Phi) is 5.74. The third-order valence-corrected chi connectivity index (χ3v) is 3.32. The maximum Gasteiger partial charge on any atom is 0.326 e. The molecule has 0 aliphatic carbocycles. The molecule has 20 heavy (non-hydrogen) atoms. The highest BCUT2D eigenvalue weighted by atomic mass is 127. The van der Waals surface area contributed by atoms with Crippen molar-refractivity contribution in [1.29, 1.82) is 0 Å². The van der Waals surface area contributed by atoms with Gasteiger partial charge >= 0.3 is 11.9 Å². The van der Waals surface area contributed by atoms with Gasteiger partial charge in [-0.05, 0) is 40.8 Å². The molecule has 0 bridgehead atoms. The van der Waals surface area contributed by atoms with E-state index < -0.39 is 30.3 Å². The summed E-state index contributed by atoms with van der Waals surface area (Å²) in [6.45, 7) is 0. The number of esters is 1. The molecule has 0 saturated heterocycles. The second kappa shape index (κ2) is 7.08. The first kappa shape index (κ1) is 16.2. The molecule has 0 fully saturated rings. The van der Waals surface area contributed by atoms with Gasteiger partial charge in [0.1, 0.15) is 11.8 Å². The van der Waals surface area contributed by atoms with E-state index in [1.807, 2.05) is 22.6 Å². The highest BCUT2D eigenvalue weighted by molar-refractivity contribution is 14.1. The van der Waals surface area contributed by atoms with Crippen LogP contribution in [0.25, 0.3) is 0 Å². The van der Waals surface area contributed by atoms with Crippen LogP contribution in [0.4, 0.5) is 0 Å². The lowest BCUT2D eigenvalue weighted by Gasteiger charge is -2.13. The minimum absolute atomic E-state index is 0.0851. The summed E-state index contributed by atoms with van der Waals surface area (Å²) in [7, 11) is 1.13. The summed E-state index contributed by atoms with van der Waals surface area (Å²) in [5.74, 6) is -2.88. The molecule has 0 spiro atoms. The minimum atomic E-state index is -1.39. The van der Waals surface area contributed by atoms with Crippen molar-refractivity contribution in [2.24, 2.45) is 0 Å². The molecule has 3 N–H and O–H groups in total. The molecule has 0 aromatic heterocycles. The van der Waals surface area contributed by atoms with Gasteiger partial charge in [-0.1, -0.05) is 0 Å². The fourth-order valence-electron chi connectivity index (χ4n) is 1.35. The van der Waals surface area contributed by atoms with Crippen molar-refractivity contribution in [3.63, 3.8) is 0 Å². The van der Waals surface area contributed by atoms with Crippen LogP contribution >= 0.6 is 22.6 Å². The average Bonchev–Trinajstić information content (AvgIpc) is 2.40. The van der Waals surface area contributed by atoms with Crippen molar-refractivity contribution in [1.82, 2.24) is 5.32 Å². The number of halogens is 1. The van der Waals surface area contributed by atoms with Crippen LogP contribution in [0, 0.1) is 3.57 Å². The second-order valence-corrected chi connectivity index (χ2v) is 4.97. The molecule has 1 aromatic carbocycles. The Morgan fingerprint density at radius 3 is 2.55 bits per heavy atom. The van der Waals surface area contributed by atoms with Crippen LogP contribution in [0.2, 0.25) is 0 Å². The fraction of sp³-hybridized carbons (Fsp3) is 0.250. The number of aromatic hydroxyl groups is 1. The van der Waals surface area contributed by atoms with Crippen molar-refractivity contribution < 1.29 is 29.3 Å². The Labute approximate surface area is 128 Å². The van der Waals surface area contributed by atoms with E-state index in [1.54, 1.807) is 0 Å². The number of carbonyl (C=O) groups is 3. The van der Waals surface area contributed by atoms with Gasteiger partial charge in [0.15, 0.2) is 0 Å². The quantitative estimate of drug-likeness (QED) is 0.503. The number of rotatable bonds is 5. The van der Waals surface area contributed by atoms with Gasteiger partial charge in [0.05, 0.1) is 17.1 Å². The number of methoxy groups -OCH3 is 1. The molecular weight excluding hydrogens is 381 g/mol. The van der Waals surface area contributed by atoms with Crippen molar-refractivity contribution in [3.8, 4) is 5.75 Å². The van der Waals surface area contributed by atoms with Crippen LogP contribution in [0.3, 0.4) is 0 Å². The predicted octanol–water partition coefficient (Wildman–Crippen LogP) is 0.743. The molecule has 1 atom stereocenters. The average molecular weight is 393 g/mol. The number of aliphatic carboxylic acids is 1. The summed E-state index contributed by atoms with van der Waals surface area (Å²) in [6.07, 6.45) is -0.478. The molecule has 0 unspecified atom stereocenters. The smallest absolute Gasteiger partial charge is 0.326 e. The number of carboxylic acid groups (broad SMARTS) is 1. The first-order valence-electron chi connectivity index (χ1n) is 5.44. The number of hydrogen-bond donors (Lipinski definition) is 3. The maximum atomic E-state index is 11.9. The van der Waals surface area contributed by atoms with Gasteiger partial charge in [-0.25, -0.2) is 4.79 Å². The number of amides is 1. The van der Waals surface area contributed by atoms with E-state index in [1.165, 1.54) is 18.2 Å². The van der Waals surface area contributed by atoms with Crippen LogP contribution in [-0.2, 0) is 14.3 Å². The minimum Gasteiger partial charge on any atom is -0.507 e. The van der Waals surface area contributed by atoms with Crippen molar-refractivity contribution in [3.05, 3.63) is 27.3 Å². The lowest BCUT2D eigenvalue weighted by Crippen LogP contribution is -2.42. The van der Waals surface area contributed by atoms with Gasteiger partial charge in [-0.15, -0.1) is 0 Å². The number of carbonyl (C=O) groups excluding carboxylic acids is 2. The Hall–Kier alpha value is -1.84. The molecule has 8 heteroatoms. The van der Waals surface area contributed by atoms with Gasteiger partial charge in [0.25, 0.3) is 5.91 Å². The number of phenols is 1. The van der Waals surface area contributed by atoms with E-state index in [0.717, 1.165) is 7.11 Å². The van der Waals surface area contributed by atoms with E-state index in [-0.39, 0.29) is 11.3 Å². The molecule has 1 amide bonds. The molecule has 0 saturated carbocycles. The van der Waals surface area contributed by atoms with Crippen molar-refractivity contribution >= 4 is 40.4 Å². The standard InChI is InChI=1S/C12H12INO6/c1-20-10(16)5-8(12(18)19)14-11(17)6-2-3-7(13)9(15)4-6/h2-4,8,15H,5H2,1H3,(H,14,17)(H,18,19)/t8-/m0/s1. The topological polar surface area (TPSA) is 113 Å². The van der Waals surface area contributed by atoms with Gasteiger partial charge in [-0.3, -0.25) is 9.59 Å². The Balaban J connectivity index is 2.82. The number of nitrogens with one attached hydrogen (secondary N) is 1. The molecule has 108 valence electrons. The largest absolute Gasteiger partial charge is 0.507 e. The van der Waals surface area contributed by atoms with Gasteiger partial charge in [0.2, 0.25) is 0 Å². The third-order valence-electron chi connectivity index (χ3n) is 2.41. The lowest BCUT2D eigenvalue weighted by atomic mass is 10.1. The van der Waals surface area contributed by atoms with Crippen LogP contribution in [0.15, 0.2) is 18.2 Å². The molecule has 1 rings (SSSR count). The van der Waals surface area contributed by atoms with Crippen LogP contribution in [0.5, 0.6) is 5.75 Å². The maximum absolute atomic E-state index is 11.9. The summed E-state index contributed by atoms with van der Waals surface area (Å²) in [4.78, 5) is 33.9. The fourth-order valence-corrected chi connectivity index (χ4v) is 1.68. The molecule has 1 aromatic rings. The summed E-state index contributed by atoms with van der Waals surface area (Å²) in [6, 6.07) is 2.78. The highest BCUT2D eigenvalue weighted by Crippen LogP contribution is 2.20. The Morgan fingerprint density at radius 2 is 2.05 bits per heavy atom. The number of carboxylic acids is 1. The zero-order valence-corrected chi connectivity index (χ0v) is 12.6. The van der Waals surface area contributed by atoms with E-state index in [0.29, 0.717) is 3.57 Å². The van der Waals surface area contributed by atoms with E-state index in [4.69, 9.17) is 5.11 Å². The first-order chi connectivity index (χ1) is 9.35. The summed E-state index contributed by atoms with van der Waals surface area (Å²) in [5, 5.41) is 20.6. The SMILES string of the molecule is COC(=O)C[C@H](NC(=O)c1ccc(I)c(O)c1)C(=O)O. The third kappa shape index (κ3) is 4.37. The van der Waals surface area contributed by atoms with Gasteiger partial charge < -0.3 is 20.3 Å². The highest BCUT2D eigenvalue weighted by Gasteiger charge is 2.24. The second-order valence-electron chi connectivity index (χ2n) is 3.81. The zero-order chi connectivity index (χ0) is 15.3. The molecule has 7 nitrogen and oxygen atoms in total. The van der Waals surface area contributed by atoms with E-state index >= 15 is 0 Å². The summed E-state index contributed by atoms with van der Waals surface area (Å²) >= 11 is 1.88. The molecule has 0 radical (unpaired) electrons. The molecule has 0 aliphatic heterocycles. The monoisotopic (exact) mass is 393 g/mol. The Morgan fingerprint density at radius 1 is 1.40 bits per heavy atom. The molecule has 0 aliphatic rings. The van der Waals surface area contributed by atoms with Gasteiger partial charge in [-0.2, -0.15) is 0 Å². The van der Waals surface area contributed by atoms with Gasteiger partial charge in [0, 0.05) is 5.56 Å². The number of benzene rings is 1. The number of ether oxygens (including phenoxy) is 1. The van der Waals surface area contributed by atoms with Crippen LogP contribution in [0.1, 0.15) is 16.8 Å². The number of hydrogen-bond acceptors (Lipinski definition) is 5.